The Morgan fingerprint density at radius 2 is 2.00 bits per heavy atom. The molecule has 0 bridgehead atoms. The molecule has 4 heteroatoms. The first kappa shape index (κ1) is 16.2. The highest BCUT2D eigenvalue weighted by molar-refractivity contribution is 5.84. The standard InChI is InChI=1S/C16H23NO3/c1-2-3-4-5-6-7-12-20-15-10-8-14(17-13-15)9-11-16(18)19/h8-11,13H,2-7,12H2,1H3,(H,18,19)/b11-9+. The van der Waals surface area contributed by atoms with Gasteiger partial charge in [0.2, 0.25) is 0 Å². The number of unbranched alkanes of at least 4 members (excludes halogenated alkanes) is 5. The smallest absolute Gasteiger partial charge is 0.328 e. The van der Waals surface area contributed by atoms with Gasteiger partial charge in [0.25, 0.3) is 0 Å². The van der Waals surface area contributed by atoms with Gasteiger partial charge >= 0.3 is 5.97 Å². The first-order chi connectivity index (χ1) is 9.72. The molecule has 0 atom stereocenters. The van der Waals surface area contributed by atoms with Gasteiger partial charge in [-0.1, -0.05) is 39.0 Å². The van der Waals surface area contributed by atoms with Crippen molar-refractivity contribution >= 4 is 12.0 Å². The lowest BCUT2D eigenvalue weighted by atomic mass is 10.1. The molecule has 1 N–H and O–H groups in total. The molecule has 1 aromatic rings. The number of nitrogens with zero attached hydrogens (tertiary/aromatic N) is 1. The van der Waals surface area contributed by atoms with E-state index in [0.29, 0.717) is 12.3 Å². The number of carboxylic acids is 1. The molecule has 0 aliphatic heterocycles. The number of carboxylic acid groups (broad SMARTS) is 1. The summed E-state index contributed by atoms with van der Waals surface area (Å²) >= 11 is 0. The van der Waals surface area contributed by atoms with Crippen molar-refractivity contribution in [1.29, 1.82) is 0 Å². The summed E-state index contributed by atoms with van der Waals surface area (Å²) in [6.45, 7) is 2.92. The zero-order valence-electron chi connectivity index (χ0n) is 12.0. The first-order valence-electron chi connectivity index (χ1n) is 7.22. The van der Waals surface area contributed by atoms with Crippen LogP contribution >= 0.6 is 0 Å². The summed E-state index contributed by atoms with van der Waals surface area (Å²) in [7, 11) is 0. The van der Waals surface area contributed by atoms with Gasteiger partial charge in [-0.2, -0.15) is 0 Å². The van der Waals surface area contributed by atoms with Crippen LogP contribution in [0.4, 0.5) is 0 Å². The number of aliphatic carboxylic acids is 1. The zero-order chi connectivity index (χ0) is 14.6. The lowest BCUT2D eigenvalue weighted by Crippen LogP contribution is -1.98. The summed E-state index contributed by atoms with van der Waals surface area (Å²) in [5.74, 6) is -0.249. The summed E-state index contributed by atoms with van der Waals surface area (Å²) in [5, 5.41) is 8.51. The fraction of sp³-hybridized carbons (Fsp3) is 0.500. The van der Waals surface area contributed by atoms with Gasteiger partial charge in [-0.25, -0.2) is 4.79 Å². The molecule has 0 aliphatic carbocycles. The Balaban J connectivity index is 2.20. The minimum atomic E-state index is -0.977. The van der Waals surface area contributed by atoms with Crippen LogP contribution in [0.3, 0.4) is 0 Å². The molecule has 1 heterocycles. The van der Waals surface area contributed by atoms with E-state index in [1.807, 2.05) is 6.07 Å². The van der Waals surface area contributed by atoms with Crippen molar-refractivity contribution in [3.63, 3.8) is 0 Å². The predicted molar refractivity (Wildman–Crippen MR) is 79.8 cm³/mol. The SMILES string of the molecule is CCCCCCCCOc1ccc(/C=C/C(=O)O)nc1. The van der Waals surface area contributed by atoms with Crippen LogP contribution in [0.2, 0.25) is 0 Å². The van der Waals surface area contributed by atoms with Gasteiger partial charge in [0.1, 0.15) is 5.75 Å². The molecule has 1 aromatic heterocycles. The van der Waals surface area contributed by atoms with E-state index in [0.717, 1.165) is 18.2 Å². The third kappa shape index (κ3) is 7.56. The number of pyridine rings is 1. The maximum absolute atomic E-state index is 10.4. The molecular weight excluding hydrogens is 254 g/mol. The Labute approximate surface area is 120 Å². The Morgan fingerprint density at radius 1 is 1.25 bits per heavy atom. The molecule has 0 spiro atoms. The van der Waals surface area contributed by atoms with Crippen LogP contribution < -0.4 is 4.74 Å². The third-order valence-corrected chi connectivity index (χ3v) is 2.92. The first-order valence-corrected chi connectivity index (χ1v) is 7.22. The number of carbonyl (C=O) groups is 1. The van der Waals surface area contributed by atoms with E-state index in [-0.39, 0.29) is 0 Å². The Bertz CT molecular complexity index is 412. The Hall–Kier alpha value is -1.84. The van der Waals surface area contributed by atoms with Crippen molar-refractivity contribution in [2.45, 2.75) is 45.4 Å². The third-order valence-electron chi connectivity index (χ3n) is 2.92. The van der Waals surface area contributed by atoms with Crippen LogP contribution in [0.25, 0.3) is 6.08 Å². The van der Waals surface area contributed by atoms with Crippen LogP contribution in [0, 0.1) is 0 Å². The van der Waals surface area contributed by atoms with E-state index in [9.17, 15) is 4.79 Å². The van der Waals surface area contributed by atoms with Crippen molar-refractivity contribution in [3.05, 3.63) is 30.1 Å². The molecule has 0 fully saturated rings. The largest absolute Gasteiger partial charge is 0.492 e. The van der Waals surface area contributed by atoms with E-state index in [2.05, 4.69) is 11.9 Å². The van der Waals surface area contributed by atoms with Crippen molar-refractivity contribution in [3.8, 4) is 5.75 Å². The minimum Gasteiger partial charge on any atom is -0.492 e. The van der Waals surface area contributed by atoms with E-state index in [4.69, 9.17) is 9.84 Å². The summed E-state index contributed by atoms with van der Waals surface area (Å²) in [4.78, 5) is 14.5. The van der Waals surface area contributed by atoms with Gasteiger partial charge in [0.05, 0.1) is 18.5 Å². The molecule has 0 saturated heterocycles. The molecule has 110 valence electrons. The van der Waals surface area contributed by atoms with Gasteiger partial charge < -0.3 is 9.84 Å². The lowest BCUT2D eigenvalue weighted by molar-refractivity contribution is -0.131. The summed E-state index contributed by atoms with van der Waals surface area (Å²) in [6, 6.07) is 3.56. The molecule has 0 aromatic carbocycles. The van der Waals surface area contributed by atoms with Crippen molar-refractivity contribution < 1.29 is 14.6 Å². The molecule has 1 rings (SSSR count). The van der Waals surface area contributed by atoms with E-state index in [1.165, 1.54) is 38.2 Å². The van der Waals surface area contributed by atoms with Gasteiger partial charge in [0.15, 0.2) is 0 Å². The number of hydrogen-bond donors (Lipinski definition) is 1. The molecule has 0 amide bonds. The summed E-state index contributed by atoms with van der Waals surface area (Å²) < 4.78 is 5.59. The van der Waals surface area contributed by atoms with Gasteiger partial charge in [0, 0.05) is 6.08 Å². The number of rotatable bonds is 10. The molecule has 4 nitrogen and oxygen atoms in total. The fourth-order valence-electron chi connectivity index (χ4n) is 1.80. The monoisotopic (exact) mass is 277 g/mol. The second-order valence-corrected chi connectivity index (χ2v) is 4.71. The average molecular weight is 277 g/mol. The van der Waals surface area contributed by atoms with Gasteiger partial charge in [-0.15, -0.1) is 0 Å². The highest BCUT2D eigenvalue weighted by atomic mass is 16.5. The van der Waals surface area contributed by atoms with Gasteiger partial charge in [-0.3, -0.25) is 4.98 Å². The molecule has 0 unspecified atom stereocenters. The van der Waals surface area contributed by atoms with Crippen LogP contribution in [0.15, 0.2) is 24.4 Å². The van der Waals surface area contributed by atoms with Crippen molar-refractivity contribution in [2.75, 3.05) is 6.61 Å². The van der Waals surface area contributed by atoms with Crippen molar-refractivity contribution in [1.82, 2.24) is 4.98 Å². The average Bonchev–Trinajstić information content (AvgIpc) is 2.45. The minimum absolute atomic E-state index is 0.610. The summed E-state index contributed by atoms with van der Waals surface area (Å²) in [6.07, 6.45) is 11.6. The molecule has 0 radical (unpaired) electrons. The topological polar surface area (TPSA) is 59.4 Å². The van der Waals surface area contributed by atoms with E-state index < -0.39 is 5.97 Å². The van der Waals surface area contributed by atoms with Gasteiger partial charge in [-0.05, 0) is 24.6 Å². The number of ether oxygens (including phenoxy) is 1. The zero-order valence-corrected chi connectivity index (χ0v) is 12.0. The second kappa shape index (κ2) is 10.0. The van der Waals surface area contributed by atoms with Crippen LogP contribution in [-0.2, 0) is 4.79 Å². The van der Waals surface area contributed by atoms with E-state index >= 15 is 0 Å². The Kier molecular flexibility index (Phi) is 8.11. The summed E-state index contributed by atoms with van der Waals surface area (Å²) in [5.41, 5.74) is 0.610. The number of hydrogen-bond acceptors (Lipinski definition) is 3. The normalized spacial score (nSPS) is 10.8. The van der Waals surface area contributed by atoms with Crippen LogP contribution in [0.1, 0.15) is 51.1 Å². The maximum atomic E-state index is 10.4. The van der Waals surface area contributed by atoms with Crippen LogP contribution in [-0.4, -0.2) is 22.7 Å². The fourth-order valence-corrected chi connectivity index (χ4v) is 1.80. The Morgan fingerprint density at radius 3 is 2.65 bits per heavy atom. The second-order valence-electron chi connectivity index (χ2n) is 4.71. The lowest BCUT2D eigenvalue weighted by Gasteiger charge is -2.05. The van der Waals surface area contributed by atoms with Crippen molar-refractivity contribution in [2.24, 2.45) is 0 Å². The highest BCUT2D eigenvalue weighted by Crippen LogP contribution is 2.11. The molecule has 0 saturated carbocycles. The number of aromatic nitrogens is 1. The molecular formula is C16H23NO3. The molecule has 20 heavy (non-hydrogen) atoms. The predicted octanol–water partition coefficient (Wildman–Crippen LogP) is 3.92. The highest BCUT2D eigenvalue weighted by Gasteiger charge is 1.96. The van der Waals surface area contributed by atoms with E-state index in [1.54, 1.807) is 12.3 Å². The molecule has 0 aliphatic rings. The van der Waals surface area contributed by atoms with Crippen LogP contribution in [0.5, 0.6) is 5.75 Å². The maximum Gasteiger partial charge on any atom is 0.328 e. The quantitative estimate of drug-likeness (QED) is 0.520.